The van der Waals surface area contributed by atoms with Gasteiger partial charge in [0.25, 0.3) is 11.6 Å². The molecule has 0 aliphatic carbocycles. The molecule has 2 aromatic carbocycles. The Morgan fingerprint density at radius 2 is 1.93 bits per heavy atom. The first-order valence-electron chi connectivity index (χ1n) is 8.12. The Labute approximate surface area is 158 Å². The van der Waals surface area contributed by atoms with E-state index >= 15 is 0 Å². The summed E-state index contributed by atoms with van der Waals surface area (Å²) < 4.78 is 0.997. The topological polar surface area (TPSA) is 114 Å². The number of nitrogens with one attached hydrogen (secondary N) is 2. The van der Waals surface area contributed by atoms with Crippen molar-refractivity contribution in [2.45, 2.75) is 13.3 Å². The molecule has 27 heavy (non-hydrogen) atoms. The number of hydrogen-bond donors (Lipinski definition) is 2. The van der Waals surface area contributed by atoms with E-state index in [-0.39, 0.29) is 30.5 Å². The molecule has 0 bridgehead atoms. The third-order valence-electron chi connectivity index (χ3n) is 3.76. The summed E-state index contributed by atoms with van der Waals surface area (Å²) in [6, 6.07) is 10.8. The predicted octanol–water partition coefficient (Wildman–Crippen LogP) is 3.27. The number of aryl methyl sites for hydroxylation is 1. The summed E-state index contributed by atoms with van der Waals surface area (Å²) in [5.41, 5.74) is 1.79. The highest BCUT2D eigenvalue weighted by molar-refractivity contribution is 7.18. The summed E-state index contributed by atoms with van der Waals surface area (Å²) in [6.07, 6.45) is 0.110. The summed E-state index contributed by atoms with van der Waals surface area (Å²) >= 11 is 1.55. The van der Waals surface area contributed by atoms with E-state index in [0.29, 0.717) is 11.3 Å². The number of thiazole rings is 1. The molecule has 0 fully saturated rings. The molecule has 0 saturated carbocycles. The monoisotopic (exact) mass is 384 g/mol. The predicted molar refractivity (Wildman–Crippen MR) is 103 cm³/mol. The molecule has 1 heterocycles. The van der Waals surface area contributed by atoms with Gasteiger partial charge in [-0.15, -0.1) is 11.3 Å². The first-order chi connectivity index (χ1) is 12.9. The minimum atomic E-state index is -0.531. The molecule has 0 atom stereocenters. The van der Waals surface area contributed by atoms with Gasteiger partial charge < -0.3 is 10.6 Å². The molecule has 3 rings (SSSR count). The van der Waals surface area contributed by atoms with Crippen molar-refractivity contribution in [1.29, 1.82) is 0 Å². The van der Waals surface area contributed by atoms with Crippen molar-refractivity contribution in [2.24, 2.45) is 0 Å². The molecule has 0 radical (unpaired) electrons. The van der Waals surface area contributed by atoms with Crippen LogP contribution in [0.5, 0.6) is 0 Å². The van der Waals surface area contributed by atoms with Crippen molar-refractivity contribution in [2.75, 3.05) is 11.9 Å². The van der Waals surface area contributed by atoms with E-state index in [9.17, 15) is 19.7 Å². The normalized spacial score (nSPS) is 10.6. The molecular weight excluding hydrogens is 368 g/mol. The van der Waals surface area contributed by atoms with Gasteiger partial charge in [-0.2, -0.15) is 0 Å². The van der Waals surface area contributed by atoms with Crippen LogP contribution in [0.25, 0.3) is 10.2 Å². The number of non-ortho nitro benzene ring substituents is 1. The molecule has 0 aliphatic heterocycles. The lowest BCUT2D eigenvalue weighted by molar-refractivity contribution is -0.384. The maximum absolute atomic E-state index is 12.0. The highest BCUT2D eigenvalue weighted by Crippen LogP contribution is 2.24. The van der Waals surface area contributed by atoms with Gasteiger partial charge in [-0.1, -0.05) is 0 Å². The number of carbonyl (C=O) groups excluding carboxylic acids is 2. The van der Waals surface area contributed by atoms with E-state index in [1.54, 1.807) is 17.4 Å². The number of aromatic nitrogens is 1. The van der Waals surface area contributed by atoms with Gasteiger partial charge in [0.15, 0.2) is 0 Å². The molecular formula is C18H16N4O4S. The lowest BCUT2D eigenvalue weighted by atomic mass is 10.2. The fourth-order valence-corrected chi connectivity index (χ4v) is 3.33. The second-order valence-corrected chi connectivity index (χ2v) is 7.01. The van der Waals surface area contributed by atoms with Crippen molar-refractivity contribution < 1.29 is 14.5 Å². The quantitative estimate of drug-likeness (QED) is 0.500. The van der Waals surface area contributed by atoms with Gasteiger partial charge in [0.1, 0.15) is 0 Å². The molecule has 9 heteroatoms. The minimum absolute atomic E-state index is 0.0842. The van der Waals surface area contributed by atoms with Crippen LogP contribution in [0.1, 0.15) is 21.8 Å². The number of nitrogens with zero attached hydrogens (tertiary/aromatic N) is 2. The lowest BCUT2D eigenvalue weighted by Crippen LogP contribution is -2.27. The van der Waals surface area contributed by atoms with Gasteiger partial charge in [-0.3, -0.25) is 19.7 Å². The third kappa shape index (κ3) is 4.64. The number of anilines is 1. The minimum Gasteiger partial charge on any atom is -0.352 e. The van der Waals surface area contributed by atoms with Gasteiger partial charge >= 0.3 is 0 Å². The number of rotatable bonds is 6. The maximum Gasteiger partial charge on any atom is 0.269 e. The van der Waals surface area contributed by atoms with Gasteiger partial charge in [0.05, 0.1) is 20.1 Å². The number of nitro groups is 1. The van der Waals surface area contributed by atoms with E-state index in [1.165, 1.54) is 24.3 Å². The van der Waals surface area contributed by atoms with Crippen LogP contribution in [0, 0.1) is 17.0 Å². The van der Waals surface area contributed by atoms with Crippen LogP contribution in [0.3, 0.4) is 0 Å². The number of amides is 2. The first kappa shape index (κ1) is 18.5. The van der Waals surface area contributed by atoms with Crippen LogP contribution >= 0.6 is 11.3 Å². The van der Waals surface area contributed by atoms with E-state index in [2.05, 4.69) is 15.6 Å². The molecule has 3 aromatic rings. The van der Waals surface area contributed by atoms with Crippen LogP contribution in [-0.2, 0) is 4.79 Å². The van der Waals surface area contributed by atoms with Crippen LogP contribution < -0.4 is 10.6 Å². The van der Waals surface area contributed by atoms with Crippen molar-refractivity contribution in [3.8, 4) is 0 Å². The smallest absolute Gasteiger partial charge is 0.269 e. The molecule has 0 spiro atoms. The Morgan fingerprint density at radius 3 is 2.63 bits per heavy atom. The summed E-state index contributed by atoms with van der Waals surface area (Å²) in [7, 11) is 0. The number of hydrogen-bond acceptors (Lipinski definition) is 6. The molecule has 2 N–H and O–H groups in total. The van der Waals surface area contributed by atoms with Crippen LogP contribution in [-0.4, -0.2) is 28.3 Å². The second kappa shape index (κ2) is 7.92. The second-order valence-electron chi connectivity index (χ2n) is 5.77. The molecule has 0 unspecified atom stereocenters. The molecule has 138 valence electrons. The highest BCUT2D eigenvalue weighted by Gasteiger charge is 2.10. The fraction of sp³-hybridized carbons (Fsp3) is 0.167. The Bertz CT molecular complexity index is 1010. The van der Waals surface area contributed by atoms with Gasteiger partial charge in [0.2, 0.25) is 5.91 Å². The summed E-state index contributed by atoms with van der Waals surface area (Å²) in [5, 5.41) is 17.0. The SMILES string of the molecule is Cc1nc2ccc(NC(=O)CCNC(=O)c3ccc([N+](=O)[O-])cc3)cc2s1. The van der Waals surface area contributed by atoms with E-state index < -0.39 is 4.92 Å². The summed E-state index contributed by atoms with van der Waals surface area (Å²) in [6.45, 7) is 2.08. The van der Waals surface area contributed by atoms with E-state index in [0.717, 1.165) is 15.2 Å². The standard InChI is InChI=1S/C18H16N4O4S/c1-11-20-15-7-4-13(10-16(15)27-11)21-17(23)8-9-19-18(24)12-2-5-14(6-3-12)22(25)26/h2-7,10H,8-9H2,1H3,(H,19,24)(H,21,23). The third-order valence-corrected chi connectivity index (χ3v) is 4.69. The number of carbonyl (C=O) groups is 2. The molecule has 0 aliphatic rings. The Kier molecular flexibility index (Phi) is 5.41. The largest absolute Gasteiger partial charge is 0.352 e. The van der Waals surface area contributed by atoms with Crippen LogP contribution in [0.2, 0.25) is 0 Å². The van der Waals surface area contributed by atoms with Crippen LogP contribution in [0.15, 0.2) is 42.5 Å². The van der Waals surface area contributed by atoms with Crippen molar-refractivity contribution in [3.63, 3.8) is 0 Å². The molecule has 8 nitrogen and oxygen atoms in total. The Hall–Kier alpha value is -3.33. The average molecular weight is 384 g/mol. The summed E-state index contributed by atoms with van der Waals surface area (Å²) in [4.78, 5) is 38.5. The molecule has 0 saturated heterocycles. The number of nitro benzene ring substituents is 1. The molecule has 2 amide bonds. The first-order valence-corrected chi connectivity index (χ1v) is 8.94. The van der Waals surface area contributed by atoms with Gasteiger partial charge in [-0.25, -0.2) is 4.98 Å². The van der Waals surface area contributed by atoms with Crippen molar-refractivity contribution in [3.05, 3.63) is 63.1 Å². The van der Waals surface area contributed by atoms with Crippen molar-refractivity contribution in [1.82, 2.24) is 10.3 Å². The number of fused-ring (bicyclic) bond motifs is 1. The number of benzene rings is 2. The van der Waals surface area contributed by atoms with E-state index in [1.807, 2.05) is 19.1 Å². The zero-order chi connectivity index (χ0) is 19.4. The van der Waals surface area contributed by atoms with Gasteiger partial charge in [-0.05, 0) is 37.3 Å². The fourth-order valence-electron chi connectivity index (χ4n) is 2.47. The lowest BCUT2D eigenvalue weighted by Gasteiger charge is -2.07. The van der Waals surface area contributed by atoms with Gasteiger partial charge in [0, 0.05) is 36.3 Å². The van der Waals surface area contributed by atoms with Crippen molar-refractivity contribution >= 4 is 44.7 Å². The maximum atomic E-state index is 12.0. The summed E-state index contributed by atoms with van der Waals surface area (Å²) in [5.74, 6) is -0.612. The average Bonchev–Trinajstić information content (AvgIpc) is 3.01. The zero-order valence-corrected chi connectivity index (χ0v) is 15.2. The highest BCUT2D eigenvalue weighted by atomic mass is 32.1. The Morgan fingerprint density at radius 1 is 1.19 bits per heavy atom. The molecule has 1 aromatic heterocycles. The Balaban J connectivity index is 1.49. The van der Waals surface area contributed by atoms with Crippen LogP contribution in [0.4, 0.5) is 11.4 Å². The van der Waals surface area contributed by atoms with E-state index in [4.69, 9.17) is 0 Å². The zero-order valence-electron chi connectivity index (χ0n) is 14.4.